The molecule has 0 aliphatic rings. The lowest BCUT2D eigenvalue weighted by atomic mass is 10.2. The van der Waals surface area contributed by atoms with E-state index in [9.17, 15) is 0 Å². The number of nitrogens with zero attached hydrogens (tertiary/aromatic N) is 1. The van der Waals surface area contributed by atoms with E-state index in [1.807, 2.05) is 12.1 Å². The molecule has 0 fully saturated rings. The van der Waals surface area contributed by atoms with Gasteiger partial charge in [-0.3, -0.25) is 0 Å². The molecule has 0 bridgehead atoms. The number of hydrogen-bond acceptors (Lipinski definition) is 3. The van der Waals surface area contributed by atoms with Crippen LogP contribution in [0.1, 0.15) is 5.56 Å². The molecule has 4 heteroatoms. The molecule has 84 valence electrons. The van der Waals surface area contributed by atoms with E-state index in [1.54, 1.807) is 30.3 Å². The van der Waals surface area contributed by atoms with Crippen LogP contribution in [0.5, 0.6) is 0 Å². The molecular formula is C13H10ClN3. The van der Waals surface area contributed by atoms with E-state index in [2.05, 4.69) is 11.4 Å². The van der Waals surface area contributed by atoms with E-state index in [0.29, 0.717) is 16.3 Å². The molecule has 0 spiro atoms. The maximum Gasteiger partial charge on any atom is 0.0992 e. The minimum Gasteiger partial charge on any atom is -0.397 e. The highest BCUT2D eigenvalue weighted by Crippen LogP contribution is 2.26. The van der Waals surface area contributed by atoms with Gasteiger partial charge in [-0.2, -0.15) is 5.26 Å². The lowest BCUT2D eigenvalue weighted by molar-refractivity contribution is 1.47. The molecule has 0 unspecified atom stereocenters. The summed E-state index contributed by atoms with van der Waals surface area (Å²) in [6.07, 6.45) is 0. The molecule has 17 heavy (non-hydrogen) atoms. The van der Waals surface area contributed by atoms with Gasteiger partial charge in [0.05, 0.1) is 23.0 Å². The number of nitrogens with one attached hydrogen (secondary N) is 1. The van der Waals surface area contributed by atoms with Crippen LogP contribution < -0.4 is 11.1 Å². The van der Waals surface area contributed by atoms with E-state index in [0.717, 1.165) is 11.4 Å². The topological polar surface area (TPSA) is 61.8 Å². The van der Waals surface area contributed by atoms with Gasteiger partial charge in [-0.15, -0.1) is 0 Å². The van der Waals surface area contributed by atoms with Crippen molar-refractivity contribution in [2.45, 2.75) is 0 Å². The summed E-state index contributed by atoms with van der Waals surface area (Å²) in [5.41, 5.74) is 8.56. The van der Waals surface area contributed by atoms with Crippen molar-refractivity contribution in [3.05, 3.63) is 53.1 Å². The number of nitrogen functional groups attached to an aromatic ring is 1. The van der Waals surface area contributed by atoms with E-state index in [-0.39, 0.29) is 0 Å². The zero-order valence-corrected chi connectivity index (χ0v) is 9.70. The number of nitrogens with two attached hydrogens (primary N) is 1. The minimum atomic E-state index is 0.593. The quantitative estimate of drug-likeness (QED) is 0.793. The summed E-state index contributed by atoms with van der Waals surface area (Å²) in [5.74, 6) is 0. The molecule has 0 radical (unpaired) electrons. The van der Waals surface area contributed by atoms with Gasteiger partial charge in [0.25, 0.3) is 0 Å². The second kappa shape index (κ2) is 4.77. The molecule has 0 aromatic heterocycles. The predicted octanol–water partition coefficient (Wildman–Crippen LogP) is 3.54. The van der Waals surface area contributed by atoms with Crippen LogP contribution in [0.2, 0.25) is 5.02 Å². The first kappa shape index (κ1) is 11.3. The molecule has 2 rings (SSSR count). The second-order valence-corrected chi connectivity index (χ2v) is 3.99. The van der Waals surface area contributed by atoms with Crippen LogP contribution in [0.15, 0.2) is 42.5 Å². The van der Waals surface area contributed by atoms with Gasteiger partial charge in [0, 0.05) is 10.7 Å². The monoisotopic (exact) mass is 243 g/mol. The SMILES string of the molecule is N#Cc1cccc(Nc2cc(Cl)ccc2N)c1. The smallest absolute Gasteiger partial charge is 0.0992 e. The van der Waals surface area contributed by atoms with Crippen LogP contribution in [0, 0.1) is 11.3 Å². The summed E-state index contributed by atoms with van der Waals surface area (Å²) in [6, 6.07) is 14.5. The summed E-state index contributed by atoms with van der Waals surface area (Å²) < 4.78 is 0. The molecule has 3 nitrogen and oxygen atoms in total. The van der Waals surface area contributed by atoms with E-state index in [1.165, 1.54) is 0 Å². The standard InChI is InChI=1S/C13H10ClN3/c14-10-4-5-12(16)13(7-10)17-11-3-1-2-9(6-11)8-15/h1-7,17H,16H2. The number of anilines is 3. The molecule has 3 N–H and O–H groups in total. The highest BCUT2D eigenvalue weighted by Gasteiger charge is 2.01. The number of halogens is 1. The number of hydrogen-bond donors (Lipinski definition) is 2. The van der Waals surface area contributed by atoms with Crippen molar-refractivity contribution in [3.8, 4) is 6.07 Å². The maximum absolute atomic E-state index is 8.80. The Labute approximate surface area is 104 Å². The van der Waals surface area contributed by atoms with Crippen LogP contribution in [0.25, 0.3) is 0 Å². The Kier molecular flexibility index (Phi) is 3.17. The number of nitriles is 1. The first-order valence-electron chi connectivity index (χ1n) is 5.01. The van der Waals surface area contributed by atoms with Crippen LogP contribution in [0.4, 0.5) is 17.1 Å². The Morgan fingerprint density at radius 2 is 2.00 bits per heavy atom. The van der Waals surface area contributed by atoms with Crippen LogP contribution in [0.3, 0.4) is 0 Å². The Morgan fingerprint density at radius 1 is 1.18 bits per heavy atom. The fraction of sp³-hybridized carbons (Fsp3) is 0. The number of benzene rings is 2. The average molecular weight is 244 g/mol. The summed E-state index contributed by atoms with van der Waals surface area (Å²) >= 11 is 5.89. The third-order valence-corrected chi connectivity index (χ3v) is 2.52. The normalized spacial score (nSPS) is 9.65. The molecule has 0 saturated heterocycles. The lowest BCUT2D eigenvalue weighted by Crippen LogP contribution is -1.96. The zero-order chi connectivity index (χ0) is 12.3. The molecule has 0 atom stereocenters. The predicted molar refractivity (Wildman–Crippen MR) is 70.3 cm³/mol. The van der Waals surface area contributed by atoms with Crippen LogP contribution in [-0.4, -0.2) is 0 Å². The molecule has 0 saturated carbocycles. The molecule has 0 aliphatic carbocycles. The van der Waals surface area contributed by atoms with Gasteiger partial charge in [0.15, 0.2) is 0 Å². The summed E-state index contributed by atoms with van der Waals surface area (Å²) in [7, 11) is 0. The van der Waals surface area contributed by atoms with Crippen molar-refractivity contribution in [2.75, 3.05) is 11.1 Å². The average Bonchev–Trinajstić information content (AvgIpc) is 2.34. The minimum absolute atomic E-state index is 0.593. The molecular weight excluding hydrogens is 234 g/mol. The van der Waals surface area contributed by atoms with Crippen molar-refractivity contribution >= 4 is 28.7 Å². The highest BCUT2D eigenvalue weighted by atomic mass is 35.5. The Balaban J connectivity index is 2.31. The van der Waals surface area contributed by atoms with Gasteiger partial charge in [-0.25, -0.2) is 0 Å². The molecule has 0 amide bonds. The van der Waals surface area contributed by atoms with Crippen molar-refractivity contribution in [1.82, 2.24) is 0 Å². The van der Waals surface area contributed by atoms with Gasteiger partial charge >= 0.3 is 0 Å². The first-order chi connectivity index (χ1) is 8.19. The van der Waals surface area contributed by atoms with Crippen LogP contribution >= 0.6 is 11.6 Å². The van der Waals surface area contributed by atoms with Gasteiger partial charge in [-0.05, 0) is 36.4 Å². The van der Waals surface area contributed by atoms with E-state index < -0.39 is 0 Å². The Bertz CT molecular complexity index is 587. The molecule has 0 aliphatic heterocycles. The molecule has 0 heterocycles. The Hall–Kier alpha value is -2.18. The lowest BCUT2D eigenvalue weighted by Gasteiger charge is -2.09. The second-order valence-electron chi connectivity index (χ2n) is 3.55. The third kappa shape index (κ3) is 2.68. The molecule has 2 aromatic carbocycles. The van der Waals surface area contributed by atoms with Gasteiger partial charge in [0.2, 0.25) is 0 Å². The fourth-order valence-corrected chi connectivity index (χ4v) is 1.63. The van der Waals surface area contributed by atoms with Gasteiger partial charge in [0.1, 0.15) is 0 Å². The number of rotatable bonds is 2. The van der Waals surface area contributed by atoms with Crippen LogP contribution in [-0.2, 0) is 0 Å². The van der Waals surface area contributed by atoms with Crippen molar-refractivity contribution in [3.63, 3.8) is 0 Å². The van der Waals surface area contributed by atoms with Crippen molar-refractivity contribution in [2.24, 2.45) is 0 Å². The fourth-order valence-electron chi connectivity index (χ4n) is 1.46. The van der Waals surface area contributed by atoms with E-state index >= 15 is 0 Å². The highest BCUT2D eigenvalue weighted by molar-refractivity contribution is 6.31. The first-order valence-corrected chi connectivity index (χ1v) is 5.39. The van der Waals surface area contributed by atoms with Gasteiger partial charge in [-0.1, -0.05) is 17.7 Å². The molecule has 2 aromatic rings. The zero-order valence-electron chi connectivity index (χ0n) is 8.94. The third-order valence-electron chi connectivity index (χ3n) is 2.29. The summed E-state index contributed by atoms with van der Waals surface area (Å²) in [4.78, 5) is 0. The van der Waals surface area contributed by atoms with Crippen molar-refractivity contribution in [1.29, 1.82) is 5.26 Å². The maximum atomic E-state index is 8.80. The van der Waals surface area contributed by atoms with Crippen molar-refractivity contribution < 1.29 is 0 Å². The summed E-state index contributed by atoms with van der Waals surface area (Å²) in [5, 5.41) is 12.5. The van der Waals surface area contributed by atoms with E-state index in [4.69, 9.17) is 22.6 Å². The summed E-state index contributed by atoms with van der Waals surface area (Å²) in [6.45, 7) is 0. The Morgan fingerprint density at radius 3 is 2.76 bits per heavy atom. The van der Waals surface area contributed by atoms with Gasteiger partial charge < -0.3 is 11.1 Å². The largest absolute Gasteiger partial charge is 0.397 e.